The van der Waals surface area contributed by atoms with Gasteiger partial charge in [0.2, 0.25) is 11.7 Å². The Hall–Kier alpha value is -3.93. The normalized spacial score (nSPS) is 14.1. The van der Waals surface area contributed by atoms with Crippen molar-refractivity contribution in [3.05, 3.63) is 60.1 Å². The summed E-state index contributed by atoms with van der Waals surface area (Å²) in [6.45, 7) is 0.509. The van der Waals surface area contributed by atoms with Gasteiger partial charge in [-0.15, -0.1) is 0 Å². The minimum atomic E-state index is -4.91. The van der Waals surface area contributed by atoms with Gasteiger partial charge in [0.15, 0.2) is 5.69 Å². The van der Waals surface area contributed by atoms with Crippen LogP contribution in [0.2, 0.25) is 0 Å². The molecule has 3 aromatic rings. The number of nitrogens with one attached hydrogen (secondary N) is 1. The van der Waals surface area contributed by atoms with Crippen molar-refractivity contribution in [2.24, 2.45) is 0 Å². The molecule has 33 heavy (non-hydrogen) atoms. The number of carbonyl (C=O) groups excluding carboxylic acids is 1. The molecule has 2 aromatic heterocycles. The van der Waals surface area contributed by atoms with Gasteiger partial charge >= 0.3 is 12.1 Å². The number of benzene rings is 1. The molecule has 9 nitrogen and oxygen atoms in total. The minimum Gasteiger partial charge on any atom is -0.480 e. The fourth-order valence-electron chi connectivity index (χ4n) is 3.13. The fraction of sp³-hybridized carbons (Fsp3) is 0.238. The Bertz CT molecular complexity index is 1140. The molecule has 0 atom stereocenters. The van der Waals surface area contributed by atoms with E-state index in [9.17, 15) is 22.8 Å². The van der Waals surface area contributed by atoms with E-state index in [2.05, 4.69) is 15.3 Å². The number of oxazole rings is 1. The highest BCUT2D eigenvalue weighted by molar-refractivity contribution is 6.04. The predicted octanol–water partition coefficient (Wildman–Crippen LogP) is 3.30. The largest absolute Gasteiger partial charge is 0.480 e. The Kier molecular flexibility index (Phi) is 6.01. The number of hydrogen-bond acceptors (Lipinski definition) is 7. The first-order valence-electron chi connectivity index (χ1n) is 9.70. The summed E-state index contributed by atoms with van der Waals surface area (Å²) in [5, 5.41) is 11.0. The highest BCUT2D eigenvalue weighted by Gasteiger charge is 2.42. The number of rotatable bonds is 7. The van der Waals surface area contributed by atoms with Crippen molar-refractivity contribution in [1.82, 2.24) is 9.97 Å². The van der Waals surface area contributed by atoms with E-state index in [-0.39, 0.29) is 24.3 Å². The lowest BCUT2D eigenvalue weighted by Crippen LogP contribution is -2.53. The average Bonchev–Trinajstić information content (AvgIpc) is 3.20. The van der Waals surface area contributed by atoms with Gasteiger partial charge in [-0.1, -0.05) is 18.2 Å². The second-order valence-electron chi connectivity index (χ2n) is 7.15. The summed E-state index contributed by atoms with van der Waals surface area (Å²) in [7, 11) is 0. The first kappa shape index (κ1) is 22.3. The summed E-state index contributed by atoms with van der Waals surface area (Å²) in [6, 6.07) is 11.0. The van der Waals surface area contributed by atoms with Crippen LogP contribution in [0.1, 0.15) is 16.2 Å². The third-order valence-corrected chi connectivity index (χ3v) is 4.74. The standard InChI is InChI=1S/C21H17F3N4O5/c22-21(23,24)18-17(27-20(33-18)12-4-2-1-3-5-12)19(31)26-13-6-7-15(25-8-13)28-9-14(10-28)32-11-16(29)30/h1-8,14H,9-11H2,(H,26,31)(H,29,30). The van der Waals surface area contributed by atoms with Crippen LogP contribution in [0.15, 0.2) is 53.1 Å². The van der Waals surface area contributed by atoms with E-state index in [1.165, 1.54) is 24.4 Å². The number of carboxylic acid groups (broad SMARTS) is 1. The van der Waals surface area contributed by atoms with Crippen LogP contribution >= 0.6 is 0 Å². The summed E-state index contributed by atoms with van der Waals surface area (Å²) in [5.74, 6) is -3.40. The van der Waals surface area contributed by atoms with E-state index in [0.717, 1.165) is 0 Å². The van der Waals surface area contributed by atoms with Gasteiger partial charge in [0.1, 0.15) is 12.4 Å². The smallest absolute Gasteiger partial charge is 0.452 e. The number of hydrogen-bond donors (Lipinski definition) is 2. The number of ether oxygens (including phenoxy) is 1. The molecule has 3 heterocycles. The van der Waals surface area contributed by atoms with Crippen molar-refractivity contribution >= 4 is 23.4 Å². The van der Waals surface area contributed by atoms with Gasteiger partial charge in [-0.05, 0) is 24.3 Å². The molecule has 12 heteroatoms. The van der Waals surface area contributed by atoms with Crippen LogP contribution in [0, 0.1) is 0 Å². The van der Waals surface area contributed by atoms with E-state index >= 15 is 0 Å². The van der Waals surface area contributed by atoms with E-state index in [0.29, 0.717) is 24.5 Å². The predicted molar refractivity (Wildman–Crippen MR) is 109 cm³/mol. The quantitative estimate of drug-likeness (QED) is 0.549. The second-order valence-corrected chi connectivity index (χ2v) is 7.15. The lowest BCUT2D eigenvalue weighted by Gasteiger charge is -2.39. The maximum Gasteiger partial charge on any atom is 0.452 e. The van der Waals surface area contributed by atoms with Gasteiger partial charge in [-0.25, -0.2) is 14.8 Å². The van der Waals surface area contributed by atoms with Crippen molar-refractivity contribution in [2.75, 3.05) is 29.9 Å². The molecule has 1 fully saturated rings. The van der Waals surface area contributed by atoms with Crippen molar-refractivity contribution in [1.29, 1.82) is 0 Å². The minimum absolute atomic E-state index is 0.167. The van der Waals surface area contributed by atoms with E-state index in [1.54, 1.807) is 24.3 Å². The molecule has 1 amide bonds. The molecular formula is C21H17F3N4O5. The van der Waals surface area contributed by atoms with Gasteiger partial charge < -0.3 is 24.5 Å². The van der Waals surface area contributed by atoms with Gasteiger partial charge in [-0.3, -0.25) is 4.79 Å². The lowest BCUT2D eigenvalue weighted by molar-refractivity contribution is -0.153. The maximum absolute atomic E-state index is 13.4. The molecule has 2 N–H and O–H groups in total. The van der Waals surface area contributed by atoms with Crippen LogP contribution in [0.25, 0.3) is 11.5 Å². The third-order valence-electron chi connectivity index (χ3n) is 4.74. The van der Waals surface area contributed by atoms with Gasteiger partial charge in [0.05, 0.1) is 18.0 Å². The number of anilines is 2. The van der Waals surface area contributed by atoms with Crippen molar-refractivity contribution in [3.8, 4) is 11.5 Å². The number of pyridine rings is 1. The maximum atomic E-state index is 13.4. The van der Waals surface area contributed by atoms with Crippen LogP contribution in [-0.4, -0.2) is 52.8 Å². The topological polar surface area (TPSA) is 118 Å². The summed E-state index contributed by atoms with van der Waals surface area (Å²) < 4.78 is 50.3. The van der Waals surface area contributed by atoms with E-state index in [4.69, 9.17) is 14.3 Å². The molecule has 0 radical (unpaired) electrons. The molecular weight excluding hydrogens is 445 g/mol. The molecule has 4 rings (SSSR count). The summed E-state index contributed by atoms with van der Waals surface area (Å²) in [4.78, 5) is 32.8. The van der Waals surface area contributed by atoms with Gasteiger partial charge in [0, 0.05) is 18.7 Å². The van der Waals surface area contributed by atoms with Crippen LogP contribution in [0.5, 0.6) is 0 Å². The zero-order chi connectivity index (χ0) is 23.6. The number of aromatic nitrogens is 2. The Labute approximate surface area is 184 Å². The molecule has 0 aliphatic carbocycles. The van der Waals surface area contributed by atoms with Crippen LogP contribution in [0.3, 0.4) is 0 Å². The Morgan fingerprint density at radius 2 is 1.91 bits per heavy atom. The number of carbonyl (C=O) groups is 2. The van der Waals surface area contributed by atoms with Crippen LogP contribution in [0.4, 0.5) is 24.7 Å². The second kappa shape index (κ2) is 8.90. The van der Waals surface area contributed by atoms with Crippen molar-refractivity contribution in [2.45, 2.75) is 12.3 Å². The van der Waals surface area contributed by atoms with Crippen LogP contribution in [-0.2, 0) is 15.7 Å². The van der Waals surface area contributed by atoms with Crippen LogP contribution < -0.4 is 10.2 Å². The first-order chi connectivity index (χ1) is 15.7. The number of carboxylic acids is 1. The summed E-state index contributed by atoms with van der Waals surface area (Å²) in [5.41, 5.74) is -0.416. The number of amides is 1. The molecule has 172 valence electrons. The molecule has 1 saturated heterocycles. The van der Waals surface area contributed by atoms with Gasteiger partial charge in [-0.2, -0.15) is 13.2 Å². The van der Waals surface area contributed by atoms with Crippen molar-refractivity contribution < 1.29 is 37.0 Å². The number of alkyl halides is 3. The Balaban J connectivity index is 1.44. The lowest BCUT2D eigenvalue weighted by atomic mass is 10.1. The number of halogens is 3. The van der Waals surface area contributed by atoms with E-state index in [1.807, 2.05) is 4.90 Å². The molecule has 0 bridgehead atoms. The first-order valence-corrected chi connectivity index (χ1v) is 9.70. The Morgan fingerprint density at radius 1 is 1.18 bits per heavy atom. The molecule has 1 aliphatic rings. The zero-order valence-corrected chi connectivity index (χ0v) is 16.9. The SMILES string of the molecule is O=C(O)COC1CN(c2ccc(NC(=O)c3nc(-c4ccccc4)oc3C(F)(F)F)cn2)C1. The molecule has 0 spiro atoms. The Morgan fingerprint density at radius 3 is 2.52 bits per heavy atom. The number of aliphatic carboxylic acids is 1. The molecule has 1 aliphatic heterocycles. The highest BCUT2D eigenvalue weighted by Crippen LogP contribution is 2.35. The summed E-state index contributed by atoms with van der Waals surface area (Å²) in [6.07, 6.45) is -3.84. The number of nitrogens with zero attached hydrogens (tertiary/aromatic N) is 3. The molecule has 1 aromatic carbocycles. The molecule has 0 unspecified atom stereocenters. The summed E-state index contributed by atoms with van der Waals surface area (Å²) >= 11 is 0. The van der Waals surface area contributed by atoms with Gasteiger partial charge in [0.25, 0.3) is 5.91 Å². The average molecular weight is 462 g/mol. The highest BCUT2D eigenvalue weighted by atomic mass is 19.4. The monoisotopic (exact) mass is 462 g/mol. The van der Waals surface area contributed by atoms with Crippen molar-refractivity contribution in [3.63, 3.8) is 0 Å². The third kappa shape index (κ3) is 5.12. The van der Waals surface area contributed by atoms with E-state index < -0.39 is 29.5 Å². The molecule has 0 saturated carbocycles. The fourth-order valence-corrected chi connectivity index (χ4v) is 3.13. The zero-order valence-electron chi connectivity index (χ0n) is 16.9.